The molecular weight excluding hydrogens is 276 g/mol. The van der Waals surface area contributed by atoms with Gasteiger partial charge < -0.3 is 9.22 Å². The van der Waals surface area contributed by atoms with Crippen molar-refractivity contribution in [1.29, 1.82) is 0 Å². The molecule has 0 aliphatic carbocycles. The summed E-state index contributed by atoms with van der Waals surface area (Å²) in [7, 11) is 0. The Morgan fingerprint density at radius 2 is 1.77 bits per heavy atom. The molecule has 0 radical (unpaired) electrons. The summed E-state index contributed by atoms with van der Waals surface area (Å²) in [5.74, 6) is 0. The van der Waals surface area contributed by atoms with Crippen molar-refractivity contribution in [2.75, 3.05) is 45.9 Å². The third-order valence-corrected chi connectivity index (χ3v) is 4.72. The molecule has 1 saturated heterocycles. The van der Waals surface area contributed by atoms with Gasteiger partial charge in [0.25, 0.3) is 0 Å². The molecule has 1 amide bonds. The lowest BCUT2D eigenvalue weighted by molar-refractivity contribution is -0.926. The van der Waals surface area contributed by atoms with E-state index in [1.807, 2.05) is 17.9 Å². The monoisotopic (exact) mass is 311 g/mol. The normalized spacial score (nSPS) is 17.3. The highest BCUT2D eigenvalue weighted by Crippen LogP contribution is 2.17. The van der Waals surface area contributed by atoms with Crippen molar-refractivity contribution in [1.82, 2.24) is 4.90 Å². The van der Waals surface area contributed by atoms with Gasteiger partial charge in [-0.25, -0.2) is 4.79 Å². The number of unbranched alkanes of at least 4 members (excludes halogenated alkanes) is 5. The molecule has 1 aliphatic rings. The van der Waals surface area contributed by atoms with E-state index in [1.165, 1.54) is 45.1 Å². The number of amides is 1. The second kappa shape index (κ2) is 10.7. The van der Waals surface area contributed by atoms with E-state index in [4.69, 9.17) is 4.74 Å². The number of piperazine rings is 1. The van der Waals surface area contributed by atoms with Crippen LogP contribution in [-0.2, 0) is 4.74 Å². The van der Waals surface area contributed by atoms with Crippen molar-refractivity contribution in [2.24, 2.45) is 0 Å². The van der Waals surface area contributed by atoms with Gasteiger partial charge in [-0.1, -0.05) is 39.2 Å². The van der Waals surface area contributed by atoms with Crippen LogP contribution in [-0.4, -0.2) is 61.4 Å². The zero-order valence-electron chi connectivity index (χ0n) is 14.7. The van der Waals surface area contributed by atoms with Crippen LogP contribution in [0.4, 0.5) is 4.79 Å². The first-order chi connectivity index (χ1) is 10.7. The van der Waals surface area contributed by atoms with E-state index in [1.54, 1.807) is 0 Å². The maximum Gasteiger partial charge on any atom is 0.410 e. The molecule has 0 bridgehead atoms. The van der Waals surface area contributed by atoms with Crippen LogP contribution in [0.1, 0.15) is 52.4 Å². The first-order valence-corrected chi connectivity index (χ1v) is 9.05. The second-order valence-corrected chi connectivity index (χ2v) is 6.44. The van der Waals surface area contributed by atoms with Crippen molar-refractivity contribution in [3.8, 4) is 0 Å². The molecule has 22 heavy (non-hydrogen) atoms. The Balaban J connectivity index is 2.36. The fourth-order valence-electron chi connectivity index (χ4n) is 3.29. The molecule has 4 nitrogen and oxygen atoms in total. The maximum atomic E-state index is 11.8. The van der Waals surface area contributed by atoms with Gasteiger partial charge in [-0.2, -0.15) is 0 Å². The number of hydrogen-bond acceptors (Lipinski definition) is 2. The third kappa shape index (κ3) is 6.39. The van der Waals surface area contributed by atoms with E-state index < -0.39 is 0 Å². The Bertz CT molecular complexity index is 323. The van der Waals surface area contributed by atoms with E-state index in [0.29, 0.717) is 6.61 Å². The van der Waals surface area contributed by atoms with Crippen LogP contribution in [0.2, 0.25) is 0 Å². The van der Waals surface area contributed by atoms with Gasteiger partial charge in [-0.05, 0) is 25.8 Å². The van der Waals surface area contributed by atoms with Crippen LogP contribution >= 0.6 is 0 Å². The van der Waals surface area contributed by atoms with E-state index in [-0.39, 0.29) is 6.09 Å². The van der Waals surface area contributed by atoms with Gasteiger partial charge in [0, 0.05) is 0 Å². The number of carbonyl (C=O) groups excluding carboxylic acids is 1. The van der Waals surface area contributed by atoms with E-state index in [2.05, 4.69) is 13.5 Å². The zero-order chi connectivity index (χ0) is 16.3. The van der Waals surface area contributed by atoms with Crippen molar-refractivity contribution in [2.45, 2.75) is 52.4 Å². The molecule has 0 aromatic rings. The molecular formula is C18H35N2O2+. The van der Waals surface area contributed by atoms with Crippen LogP contribution in [0, 0.1) is 0 Å². The fraction of sp³-hybridized carbons (Fsp3) is 0.833. The van der Waals surface area contributed by atoms with Gasteiger partial charge in [0.15, 0.2) is 0 Å². The molecule has 1 rings (SSSR count). The topological polar surface area (TPSA) is 29.5 Å². The molecule has 1 fully saturated rings. The number of hydrogen-bond donors (Lipinski definition) is 0. The molecule has 0 aromatic heterocycles. The number of rotatable bonds is 10. The molecule has 0 saturated carbocycles. The average molecular weight is 311 g/mol. The van der Waals surface area contributed by atoms with Crippen LogP contribution in [0.5, 0.6) is 0 Å². The lowest BCUT2D eigenvalue weighted by atomic mass is 10.1. The van der Waals surface area contributed by atoms with E-state index in [9.17, 15) is 4.79 Å². The Labute approximate surface area is 136 Å². The smallest absolute Gasteiger partial charge is 0.410 e. The number of quaternary nitrogens is 1. The molecule has 1 aliphatic heterocycles. The summed E-state index contributed by atoms with van der Waals surface area (Å²) < 4.78 is 6.20. The molecule has 0 unspecified atom stereocenters. The Morgan fingerprint density at radius 1 is 1.14 bits per heavy atom. The minimum atomic E-state index is -0.154. The Kier molecular flexibility index (Phi) is 9.21. The standard InChI is InChI=1S/C18H35N2O2/c1-4-7-8-9-10-11-15-20(14-5-2)16-12-19(13-17-20)18(21)22-6-3/h5H,2,4,6-17H2,1,3H3/q+1. The highest BCUT2D eigenvalue weighted by molar-refractivity contribution is 5.67. The molecule has 1 heterocycles. The summed E-state index contributed by atoms with van der Waals surface area (Å²) in [6, 6.07) is 0. The van der Waals surface area contributed by atoms with Gasteiger partial charge in [0.05, 0.1) is 45.9 Å². The number of ether oxygens (including phenoxy) is 1. The molecule has 0 aromatic carbocycles. The van der Waals surface area contributed by atoms with Gasteiger partial charge >= 0.3 is 6.09 Å². The van der Waals surface area contributed by atoms with Crippen molar-refractivity contribution in [3.05, 3.63) is 12.7 Å². The second-order valence-electron chi connectivity index (χ2n) is 6.44. The van der Waals surface area contributed by atoms with Gasteiger partial charge in [-0.3, -0.25) is 4.90 Å². The summed E-state index contributed by atoms with van der Waals surface area (Å²) in [5.41, 5.74) is 0. The SMILES string of the molecule is C=CC[N+]1(CCCCCCCC)CCN(C(=O)OCC)CC1. The quantitative estimate of drug-likeness (QED) is 0.349. The first-order valence-electron chi connectivity index (χ1n) is 9.05. The zero-order valence-corrected chi connectivity index (χ0v) is 14.7. The largest absolute Gasteiger partial charge is 0.450 e. The lowest BCUT2D eigenvalue weighted by Gasteiger charge is -2.44. The number of carbonyl (C=O) groups is 1. The summed E-state index contributed by atoms with van der Waals surface area (Å²) in [5, 5.41) is 0. The van der Waals surface area contributed by atoms with Crippen LogP contribution < -0.4 is 0 Å². The van der Waals surface area contributed by atoms with Gasteiger partial charge in [0.1, 0.15) is 0 Å². The molecule has 4 heteroatoms. The highest BCUT2D eigenvalue weighted by atomic mass is 16.6. The minimum absolute atomic E-state index is 0.154. The lowest BCUT2D eigenvalue weighted by Crippen LogP contribution is -2.60. The van der Waals surface area contributed by atoms with Gasteiger partial charge in [0.2, 0.25) is 0 Å². The molecule has 0 spiro atoms. The Hall–Kier alpha value is -1.03. The first kappa shape index (κ1) is 19.0. The molecule has 128 valence electrons. The predicted octanol–water partition coefficient (Wildman–Crippen LogP) is 3.82. The maximum absolute atomic E-state index is 11.8. The predicted molar refractivity (Wildman–Crippen MR) is 91.9 cm³/mol. The van der Waals surface area contributed by atoms with Crippen molar-refractivity contribution >= 4 is 6.09 Å². The highest BCUT2D eigenvalue weighted by Gasteiger charge is 2.33. The molecule has 0 atom stereocenters. The van der Waals surface area contributed by atoms with Crippen LogP contribution in [0.15, 0.2) is 12.7 Å². The third-order valence-electron chi connectivity index (χ3n) is 4.72. The summed E-state index contributed by atoms with van der Waals surface area (Å²) in [6.07, 6.45) is 9.90. The number of nitrogens with zero attached hydrogens (tertiary/aromatic N) is 2. The fourth-order valence-corrected chi connectivity index (χ4v) is 3.29. The van der Waals surface area contributed by atoms with E-state index in [0.717, 1.165) is 37.2 Å². The van der Waals surface area contributed by atoms with Gasteiger partial charge in [-0.15, -0.1) is 0 Å². The summed E-state index contributed by atoms with van der Waals surface area (Å²) >= 11 is 0. The van der Waals surface area contributed by atoms with Crippen LogP contribution in [0.3, 0.4) is 0 Å². The Morgan fingerprint density at radius 3 is 2.36 bits per heavy atom. The summed E-state index contributed by atoms with van der Waals surface area (Å²) in [4.78, 5) is 13.7. The van der Waals surface area contributed by atoms with Crippen LogP contribution in [0.25, 0.3) is 0 Å². The minimum Gasteiger partial charge on any atom is -0.450 e. The average Bonchev–Trinajstić information content (AvgIpc) is 2.52. The molecule has 0 N–H and O–H groups in total. The van der Waals surface area contributed by atoms with Crippen molar-refractivity contribution in [3.63, 3.8) is 0 Å². The van der Waals surface area contributed by atoms with Crippen molar-refractivity contribution < 1.29 is 14.0 Å². The van der Waals surface area contributed by atoms with E-state index >= 15 is 0 Å². The summed E-state index contributed by atoms with van der Waals surface area (Å²) in [6.45, 7) is 14.4.